The van der Waals surface area contributed by atoms with E-state index in [0.29, 0.717) is 12.5 Å². The summed E-state index contributed by atoms with van der Waals surface area (Å²) in [5, 5.41) is 8.71. The Morgan fingerprint density at radius 1 is 1.05 bits per heavy atom. The molecule has 0 aliphatic heterocycles. The highest BCUT2D eigenvalue weighted by Crippen LogP contribution is 2.25. The molecule has 0 N–H and O–H groups in total. The zero-order chi connectivity index (χ0) is 15.1. The summed E-state index contributed by atoms with van der Waals surface area (Å²) in [5.74, 6) is 0. The molecule has 0 spiro atoms. The molecule has 0 unspecified atom stereocenters. The molecule has 0 radical (unpaired) electrons. The fourth-order valence-electron chi connectivity index (χ4n) is 2.48. The highest BCUT2D eigenvalue weighted by atomic mass is 15.1. The third kappa shape index (κ3) is 4.18. The summed E-state index contributed by atoms with van der Waals surface area (Å²) in [6.07, 6.45) is 1.53. The van der Waals surface area contributed by atoms with Crippen LogP contribution in [0.2, 0.25) is 0 Å². The van der Waals surface area contributed by atoms with E-state index in [-0.39, 0.29) is 0 Å². The SMILES string of the molecule is C[C@H](CCC#N)N(C)Cc1ccccc1-c1ccccc1. The molecule has 0 heterocycles. The Hall–Kier alpha value is -2.11. The minimum absolute atomic E-state index is 0.411. The summed E-state index contributed by atoms with van der Waals surface area (Å²) in [4.78, 5) is 2.32. The quantitative estimate of drug-likeness (QED) is 0.779. The van der Waals surface area contributed by atoms with Crippen LogP contribution >= 0.6 is 0 Å². The topological polar surface area (TPSA) is 27.0 Å². The molecule has 0 aliphatic carbocycles. The monoisotopic (exact) mass is 278 g/mol. The second-order valence-electron chi connectivity index (χ2n) is 5.48. The van der Waals surface area contributed by atoms with Crippen molar-refractivity contribution in [3.8, 4) is 17.2 Å². The van der Waals surface area contributed by atoms with Crippen LogP contribution in [0, 0.1) is 11.3 Å². The Labute approximate surface area is 127 Å². The Kier molecular flexibility index (Phi) is 5.54. The fraction of sp³-hybridized carbons (Fsp3) is 0.316. The number of hydrogen-bond donors (Lipinski definition) is 0. The third-order valence-corrected chi connectivity index (χ3v) is 3.95. The van der Waals surface area contributed by atoms with Crippen LogP contribution < -0.4 is 0 Å². The maximum atomic E-state index is 8.71. The molecule has 2 aromatic carbocycles. The van der Waals surface area contributed by atoms with Crippen molar-refractivity contribution >= 4 is 0 Å². The summed E-state index contributed by atoms with van der Waals surface area (Å²) in [7, 11) is 2.13. The second kappa shape index (κ2) is 7.61. The predicted octanol–water partition coefficient (Wildman–Crippen LogP) is 4.48. The van der Waals surface area contributed by atoms with E-state index >= 15 is 0 Å². The molecule has 0 amide bonds. The van der Waals surface area contributed by atoms with Crippen molar-refractivity contribution in [2.24, 2.45) is 0 Å². The van der Waals surface area contributed by atoms with E-state index in [0.717, 1.165) is 13.0 Å². The van der Waals surface area contributed by atoms with Gasteiger partial charge in [0.25, 0.3) is 0 Å². The lowest BCUT2D eigenvalue weighted by Crippen LogP contribution is -2.28. The van der Waals surface area contributed by atoms with Crippen molar-refractivity contribution < 1.29 is 0 Å². The second-order valence-corrected chi connectivity index (χ2v) is 5.48. The van der Waals surface area contributed by atoms with Gasteiger partial charge < -0.3 is 0 Å². The molecule has 2 nitrogen and oxygen atoms in total. The zero-order valence-corrected chi connectivity index (χ0v) is 12.8. The van der Waals surface area contributed by atoms with Crippen LogP contribution in [0.4, 0.5) is 0 Å². The number of rotatable bonds is 6. The van der Waals surface area contributed by atoms with E-state index in [1.807, 2.05) is 6.07 Å². The van der Waals surface area contributed by atoms with E-state index in [1.165, 1.54) is 16.7 Å². The average Bonchev–Trinajstić information content (AvgIpc) is 2.54. The molecule has 0 aromatic heterocycles. The van der Waals surface area contributed by atoms with Gasteiger partial charge in [-0.2, -0.15) is 5.26 Å². The first kappa shape index (κ1) is 15.3. The first-order valence-electron chi connectivity index (χ1n) is 7.43. The molecule has 0 fully saturated rings. The molecular weight excluding hydrogens is 256 g/mol. The van der Waals surface area contributed by atoms with Gasteiger partial charge in [-0.25, -0.2) is 0 Å². The molecular formula is C19H22N2. The van der Waals surface area contributed by atoms with Gasteiger partial charge in [0.15, 0.2) is 0 Å². The summed E-state index contributed by atoms with van der Waals surface area (Å²) >= 11 is 0. The molecule has 0 saturated heterocycles. The maximum Gasteiger partial charge on any atom is 0.0622 e. The Morgan fingerprint density at radius 2 is 1.71 bits per heavy atom. The highest BCUT2D eigenvalue weighted by molar-refractivity contribution is 5.67. The predicted molar refractivity (Wildman–Crippen MR) is 87.7 cm³/mol. The van der Waals surface area contributed by atoms with Crippen molar-refractivity contribution in [3.63, 3.8) is 0 Å². The van der Waals surface area contributed by atoms with Crippen molar-refractivity contribution in [1.29, 1.82) is 5.26 Å². The standard InChI is InChI=1S/C19H22N2/c1-16(9-8-14-20)21(2)15-18-12-6-7-13-19(18)17-10-4-3-5-11-17/h3-7,10-13,16H,8-9,15H2,1-2H3/t16-/m1/s1. The minimum Gasteiger partial charge on any atom is -0.299 e. The van der Waals surface area contributed by atoms with Gasteiger partial charge in [-0.15, -0.1) is 0 Å². The molecule has 2 rings (SSSR count). The first-order valence-corrected chi connectivity index (χ1v) is 7.43. The summed E-state index contributed by atoms with van der Waals surface area (Å²) in [6, 6.07) is 21.7. The molecule has 2 heteroatoms. The Balaban J connectivity index is 2.16. The van der Waals surface area contributed by atoms with Crippen LogP contribution in [0.3, 0.4) is 0 Å². The maximum absolute atomic E-state index is 8.71. The fourth-order valence-corrected chi connectivity index (χ4v) is 2.48. The molecule has 0 aliphatic rings. The van der Waals surface area contributed by atoms with Crippen LogP contribution in [0.5, 0.6) is 0 Å². The van der Waals surface area contributed by atoms with E-state index < -0.39 is 0 Å². The number of nitrogens with zero attached hydrogens (tertiary/aromatic N) is 2. The normalized spacial score (nSPS) is 12.1. The molecule has 2 aromatic rings. The largest absolute Gasteiger partial charge is 0.299 e. The highest BCUT2D eigenvalue weighted by Gasteiger charge is 2.12. The van der Waals surface area contributed by atoms with Crippen LogP contribution in [0.1, 0.15) is 25.3 Å². The number of nitriles is 1. The van der Waals surface area contributed by atoms with Crippen molar-refractivity contribution in [3.05, 3.63) is 60.2 Å². The lowest BCUT2D eigenvalue weighted by molar-refractivity contribution is 0.240. The van der Waals surface area contributed by atoms with Gasteiger partial charge in [-0.05, 0) is 37.1 Å². The zero-order valence-electron chi connectivity index (χ0n) is 12.8. The smallest absolute Gasteiger partial charge is 0.0622 e. The van der Waals surface area contributed by atoms with Gasteiger partial charge in [0, 0.05) is 19.0 Å². The van der Waals surface area contributed by atoms with Gasteiger partial charge in [0.05, 0.1) is 6.07 Å². The lowest BCUT2D eigenvalue weighted by Gasteiger charge is -2.25. The Bertz CT molecular complexity index is 598. The Morgan fingerprint density at radius 3 is 2.43 bits per heavy atom. The van der Waals surface area contributed by atoms with Crippen molar-refractivity contribution in [2.45, 2.75) is 32.4 Å². The van der Waals surface area contributed by atoms with Crippen LogP contribution in [-0.2, 0) is 6.54 Å². The van der Waals surface area contributed by atoms with Gasteiger partial charge in [-0.3, -0.25) is 4.90 Å². The average molecular weight is 278 g/mol. The molecule has 21 heavy (non-hydrogen) atoms. The van der Waals surface area contributed by atoms with Crippen LogP contribution in [0.15, 0.2) is 54.6 Å². The van der Waals surface area contributed by atoms with E-state index in [9.17, 15) is 0 Å². The van der Waals surface area contributed by atoms with Crippen molar-refractivity contribution in [1.82, 2.24) is 4.90 Å². The van der Waals surface area contributed by atoms with E-state index in [4.69, 9.17) is 5.26 Å². The van der Waals surface area contributed by atoms with Gasteiger partial charge >= 0.3 is 0 Å². The molecule has 108 valence electrons. The summed E-state index contributed by atoms with van der Waals surface area (Å²) < 4.78 is 0. The van der Waals surface area contributed by atoms with Crippen LogP contribution in [0.25, 0.3) is 11.1 Å². The van der Waals surface area contributed by atoms with Crippen LogP contribution in [-0.4, -0.2) is 18.0 Å². The minimum atomic E-state index is 0.411. The first-order chi connectivity index (χ1) is 10.2. The molecule has 0 bridgehead atoms. The molecule has 1 atom stereocenters. The van der Waals surface area contributed by atoms with Gasteiger partial charge in [-0.1, -0.05) is 54.6 Å². The van der Waals surface area contributed by atoms with Crippen molar-refractivity contribution in [2.75, 3.05) is 7.05 Å². The third-order valence-electron chi connectivity index (χ3n) is 3.95. The molecule has 0 saturated carbocycles. The van der Waals surface area contributed by atoms with E-state index in [1.54, 1.807) is 0 Å². The summed E-state index contributed by atoms with van der Waals surface area (Å²) in [6.45, 7) is 3.08. The lowest BCUT2D eigenvalue weighted by atomic mass is 9.99. The van der Waals surface area contributed by atoms with Gasteiger partial charge in [0.2, 0.25) is 0 Å². The van der Waals surface area contributed by atoms with Gasteiger partial charge in [0.1, 0.15) is 0 Å². The summed E-state index contributed by atoms with van der Waals surface area (Å²) in [5.41, 5.74) is 3.87. The number of benzene rings is 2. The van der Waals surface area contributed by atoms with E-state index in [2.05, 4.69) is 73.5 Å². The number of hydrogen-bond acceptors (Lipinski definition) is 2.